The second-order valence-corrected chi connectivity index (χ2v) is 9.91. The Kier molecular flexibility index (Phi) is 6.55. The van der Waals surface area contributed by atoms with Gasteiger partial charge in [0.25, 0.3) is 5.91 Å². The number of hydrogen-bond donors (Lipinski definition) is 2. The molecule has 0 aliphatic carbocycles. The number of amides is 1. The predicted molar refractivity (Wildman–Crippen MR) is 106 cm³/mol. The van der Waals surface area contributed by atoms with Crippen molar-refractivity contribution in [1.82, 2.24) is 4.31 Å². The number of quaternary nitrogens is 1. The van der Waals surface area contributed by atoms with Crippen LogP contribution < -0.4 is 10.2 Å². The Labute approximate surface area is 163 Å². The number of sulfonamides is 1. The first kappa shape index (κ1) is 20.3. The van der Waals surface area contributed by atoms with E-state index in [0.29, 0.717) is 31.4 Å². The van der Waals surface area contributed by atoms with Crippen molar-refractivity contribution in [3.8, 4) is 0 Å². The number of likely N-dealkylation sites (tertiary alicyclic amines) is 1. The molecule has 2 N–H and O–H groups in total. The third-order valence-electron chi connectivity index (χ3n) is 5.91. The van der Waals surface area contributed by atoms with Gasteiger partial charge in [-0.3, -0.25) is 4.79 Å². The summed E-state index contributed by atoms with van der Waals surface area (Å²) in [5.41, 5.74) is 1.48. The molecule has 0 spiro atoms. The van der Waals surface area contributed by atoms with Crippen LogP contribution in [-0.4, -0.2) is 50.9 Å². The highest BCUT2D eigenvalue weighted by Gasteiger charge is 2.27. The third-order valence-corrected chi connectivity index (χ3v) is 7.80. The fourth-order valence-electron chi connectivity index (χ4n) is 4.07. The molecule has 2 saturated heterocycles. The van der Waals surface area contributed by atoms with Gasteiger partial charge in [-0.25, -0.2) is 8.42 Å². The van der Waals surface area contributed by atoms with Crippen molar-refractivity contribution >= 4 is 21.6 Å². The molecular formula is C20H32N3O3S+. The first-order chi connectivity index (χ1) is 12.9. The van der Waals surface area contributed by atoms with Crippen molar-refractivity contribution in [3.63, 3.8) is 0 Å². The van der Waals surface area contributed by atoms with E-state index in [1.54, 1.807) is 22.5 Å². The van der Waals surface area contributed by atoms with E-state index < -0.39 is 10.0 Å². The van der Waals surface area contributed by atoms with Crippen LogP contribution in [0, 0.1) is 6.92 Å². The van der Waals surface area contributed by atoms with E-state index in [2.05, 4.69) is 12.2 Å². The Hall–Kier alpha value is -1.44. The highest BCUT2D eigenvalue weighted by atomic mass is 32.2. The molecule has 2 fully saturated rings. The molecule has 2 aliphatic rings. The van der Waals surface area contributed by atoms with Gasteiger partial charge in [0.2, 0.25) is 10.0 Å². The molecule has 0 bridgehead atoms. The van der Waals surface area contributed by atoms with E-state index in [4.69, 9.17) is 0 Å². The smallest absolute Gasteiger partial charge is 0.279 e. The van der Waals surface area contributed by atoms with Crippen LogP contribution in [0.4, 0.5) is 5.69 Å². The Morgan fingerprint density at radius 2 is 1.93 bits per heavy atom. The molecule has 3 rings (SSSR count). The van der Waals surface area contributed by atoms with E-state index in [1.807, 2.05) is 6.92 Å². The van der Waals surface area contributed by atoms with Gasteiger partial charge in [-0.15, -0.1) is 0 Å². The maximum atomic E-state index is 12.9. The van der Waals surface area contributed by atoms with E-state index in [-0.39, 0.29) is 10.8 Å². The second kappa shape index (κ2) is 8.71. The molecule has 1 unspecified atom stereocenters. The summed E-state index contributed by atoms with van der Waals surface area (Å²) in [6.07, 6.45) is 6.46. The molecule has 0 radical (unpaired) electrons. The lowest BCUT2D eigenvalue weighted by atomic mass is 10.0. The van der Waals surface area contributed by atoms with Crippen LogP contribution in [0.25, 0.3) is 0 Å². The molecule has 1 aromatic rings. The van der Waals surface area contributed by atoms with Crippen molar-refractivity contribution in [2.75, 3.05) is 31.5 Å². The van der Waals surface area contributed by atoms with Gasteiger partial charge in [0.05, 0.1) is 17.5 Å². The summed E-state index contributed by atoms with van der Waals surface area (Å²) in [6.45, 7) is 6.70. The van der Waals surface area contributed by atoms with Crippen molar-refractivity contribution < 1.29 is 18.1 Å². The van der Waals surface area contributed by atoms with Crippen LogP contribution in [0.5, 0.6) is 0 Å². The Morgan fingerprint density at radius 3 is 2.63 bits per heavy atom. The summed E-state index contributed by atoms with van der Waals surface area (Å²) in [7, 11) is -3.50. The lowest BCUT2D eigenvalue weighted by Crippen LogP contribution is -3.17. The van der Waals surface area contributed by atoms with Crippen LogP contribution in [-0.2, 0) is 14.8 Å². The minimum atomic E-state index is -3.50. The SMILES string of the molecule is Cc1ccc(S(=O)(=O)N2CCCCC2)cc1NC(=O)C[NH+]1CCCC[C@H]1C. The normalized spacial score (nSPS) is 24.5. The van der Waals surface area contributed by atoms with Crippen LogP contribution in [0.1, 0.15) is 51.0 Å². The van der Waals surface area contributed by atoms with E-state index in [1.165, 1.54) is 11.3 Å². The minimum Gasteiger partial charge on any atom is -0.325 e. The lowest BCUT2D eigenvalue weighted by molar-refractivity contribution is -0.920. The second-order valence-electron chi connectivity index (χ2n) is 7.97. The van der Waals surface area contributed by atoms with Gasteiger partial charge in [0, 0.05) is 18.8 Å². The third kappa shape index (κ3) is 4.89. The molecule has 1 amide bonds. The number of piperidine rings is 2. The number of aryl methyl sites for hydroxylation is 1. The summed E-state index contributed by atoms with van der Waals surface area (Å²) in [5.74, 6) is -0.0469. The molecule has 2 heterocycles. The molecular weight excluding hydrogens is 362 g/mol. The largest absolute Gasteiger partial charge is 0.325 e. The monoisotopic (exact) mass is 394 g/mol. The number of carbonyl (C=O) groups excluding carboxylic acids is 1. The van der Waals surface area contributed by atoms with Gasteiger partial charge in [0.1, 0.15) is 0 Å². The molecule has 2 atom stereocenters. The minimum absolute atomic E-state index is 0.0469. The lowest BCUT2D eigenvalue weighted by Gasteiger charge is -2.29. The quantitative estimate of drug-likeness (QED) is 0.796. The van der Waals surface area contributed by atoms with Crippen molar-refractivity contribution in [3.05, 3.63) is 23.8 Å². The summed E-state index contributed by atoms with van der Waals surface area (Å²) in [5, 5.41) is 2.95. The summed E-state index contributed by atoms with van der Waals surface area (Å²) in [6, 6.07) is 5.54. The Balaban J connectivity index is 1.72. The van der Waals surface area contributed by atoms with Gasteiger partial charge < -0.3 is 10.2 Å². The summed E-state index contributed by atoms with van der Waals surface area (Å²) >= 11 is 0. The zero-order valence-corrected chi connectivity index (χ0v) is 17.3. The first-order valence-corrected chi connectivity index (χ1v) is 11.6. The topological polar surface area (TPSA) is 70.9 Å². The van der Waals surface area contributed by atoms with E-state index >= 15 is 0 Å². The number of nitrogens with zero attached hydrogens (tertiary/aromatic N) is 1. The van der Waals surface area contributed by atoms with E-state index in [0.717, 1.165) is 44.2 Å². The van der Waals surface area contributed by atoms with Crippen molar-refractivity contribution in [2.24, 2.45) is 0 Å². The van der Waals surface area contributed by atoms with Crippen LogP contribution in [0.3, 0.4) is 0 Å². The van der Waals surface area contributed by atoms with Gasteiger partial charge >= 0.3 is 0 Å². The van der Waals surface area contributed by atoms with Gasteiger partial charge in [-0.1, -0.05) is 12.5 Å². The number of hydrogen-bond acceptors (Lipinski definition) is 3. The number of benzene rings is 1. The maximum Gasteiger partial charge on any atom is 0.279 e. The molecule has 7 heteroatoms. The Morgan fingerprint density at radius 1 is 1.19 bits per heavy atom. The average Bonchev–Trinajstić information content (AvgIpc) is 2.66. The van der Waals surface area contributed by atoms with Crippen LogP contribution in [0.15, 0.2) is 23.1 Å². The van der Waals surface area contributed by atoms with Crippen LogP contribution in [0.2, 0.25) is 0 Å². The summed E-state index contributed by atoms with van der Waals surface area (Å²) in [4.78, 5) is 14.1. The predicted octanol–water partition coefficient (Wildman–Crippen LogP) is 1.57. The average molecular weight is 395 g/mol. The van der Waals surface area contributed by atoms with Crippen LogP contribution >= 0.6 is 0 Å². The zero-order valence-electron chi connectivity index (χ0n) is 16.5. The molecule has 0 aromatic heterocycles. The Bertz CT molecular complexity index is 773. The van der Waals surface area contributed by atoms with Crippen molar-refractivity contribution in [1.29, 1.82) is 0 Å². The van der Waals surface area contributed by atoms with Gasteiger partial charge in [-0.05, 0) is 63.6 Å². The van der Waals surface area contributed by atoms with E-state index in [9.17, 15) is 13.2 Å². The zero-order chi connectivity index (χ0) is 19.4. The number of rotatable bonds is 5. The first-order valence-electron chi connectivity index (χ1n) is 10.1. The molecule has 27 heavy (non-hydrogen) atoms. The molecule has 2 aliphatic heterocycles. The maximum absolute atomic E-state index is 12.9. The number of nitrogens with one attached hydrogen (secondary N) is 2. The fourth-order valence-corrected chi connectivity index (χ4v) is 5.61. The standard InChI is InChI=1S/C20H31N3O3S/c1-16-9-10-18(27(25,26)23-12-5-3-6-13-23)14-19(16)21-20(24)15-22-11-7-4-8-17(22)2/h9-10,14,17H,3-8,11-13,15H2,1-2H3,(H,21,24)/p+1/t17-/m1/s1. The van der Waals surface area contributed by atoms with Gasteiger partial charge in [0.15, 0.2) is 6.54 Å². The molecule has 0 saturated carbocycles. The number of carbonyl (C=O) groups is 1. The summed E-state index contributed by atoms with van der Waals surface area (Å²) < 4.78 is 27.4. The van der Waals surface area contributed by atoms with Gasteiger partial charge in [-0.2, -0.15) is 4.31 Å². The molecule has 6 nitrogen and oxygen atoms in total. The fraction of sp³-hybridized carbons (Fsp3) is 0.650. The molecule has 150 valence electrons. The molecule has 1 aromatic carbocycles. The number of anilines is 1. The highest BCUT2D eigenvalue weighted by molar-refractivity contribution is 7.89. The highest BCUT2D eigenvalue weighted by Crippen LogP contribution is 2.25. The van der Waals surface area contributed by atoms with Crippen molar-refractivity contribution in [2.45, 2.75) is 63.3 Å².